The number of ether oxygens (including phenoxy) is 3. The van der Waals surface area contributed by atoms with Gasteiger partial charge in [0.25, 0.3) is 5.91 Å². The number of hydrazone groups is 1. The molecule has 0 fully saturated rings. The lowest BCUT2D eigenvalue weighted by molar-refractivity contribution is 0.0952. The molecule has 0 spiro atoms. The number of methoxy groups -OCH3 is 2. The monoisotopic (exact) mass is 546 g/mol. The van der Waals surface area contributed by atoms with E-state index in [-0.39, 0.29) is 12.0 Å². The van der Waals surface area contributed by atoms with Crippen LogP contribution in [0, 0.1) is 3.57 Å². The second-order valence-corrected chi connectivity index (χ2v) is 7.82. The second-order valence-electron chi connectivity index (χ2n) is 5.74. The fourth-order valence-electron chi connectivity index (χ4n) is 2.25. The summed E-state index contributed by atoms with van der Waals surface area (Å²) in [5, 5.41) is 4.04. The van der Waals surface area contributed by atoms with Gasteiger partial charge in [0.2, 0.25) is 0 Å². The zero-order valence-electron chi connectivity index (χ0n) is 15.4. The van der Waals surface area contributed by atoms with E-state index in [0.717, 1.165) is 13.6 Å². The van der Waals surface area contributed by atoms with Gasteiger partial charge in [0, 0.05) is 4.47 Å². The Balaban J connectivity index is 2.18. The summed E-state index contributed by atoms with van der Waals surface area (Å²) in [6.45, 7) is 3.91. The predicted molar refractivity (Wildman–Crippen MR) is 117 cm³/mol. The number of nitrogens with zero attached hydrogens (tertiary/aromatic N) is 1. The molecule has 2 aromatic rings. The fourth-order valence-corrected chi connectivity index (χ4v) is 3.36. The number of nitrogens with one attached hydrogen (secondary N) is 1. The fraction of sp³-hybridized carbons (Fsp3) is 0.263. The molecule has 0 aliphatic rings. The smallest absolute Gasteiger partial charge is 0.275 e. The van der Waals surface area contributed by atoms with Crippen LogP contribution in [0.3, 0.4) is 0 Å². The number of hydrogen-bond acceptors (Lipinski definition) is 5. The molecule has 1 amide bonds. The van der Waals surface area contributed by atoms with Crippen LogP contribution >= 0.6 is 38.5 Å². The second kappa shape index (κ2) is 9.93. The summed E-state index contributed by atoms with van der Waals surface area (Å²) in [5.74, 6) is 1.40. The van der Waals surface area contributed by atoms with Crippen molar-refractivity contribution in [2.24, 2.45) is 5.10 Å². The van der Waals surface area contributed by atoms with Gasteiger partial charge >= 0.3 is 0 Å². The third-order valence-corrected chi connectivity index (χ3v) is 4.69. The molecule has 2 rings (SSSR count). The van der Waals surface area contributed by atoms with E-state index in [2.05, 4.69) is 49.0 Å². The number of hydrogen-bond donors (Lipinski definition) is 1. The third-order valence-electron chi connectivity index (χ3n) is 3.39. The molecular weight excluding hydrogens is 527 g/mol. The Bertz CT molecular complexity index is 856. The molecule has 0 saturated heterocycles. The summed E-state index contributed by atoms with van der Waals surface area (Å²) >= 11 is 5.53. The molecule has 144 valence electrons. The molecule has 0 aromatic heterocycles. The highest BCUT2D eigenvalue weighted by Gasteiger charge is 2.14. The van der Waals surface area contributed by atoms with Crippen molar-refractivity contribution in [2.45, 2.75) is 20.0 Å². The molecule has 2 aromatic carbocycles. The van der Waals surface area contributed by atoms with Crippen molar-refractivity contribution in [2.75, 3.05) is 14.2 Å². The van der Waals surface area contributed by atoms with E-state index in [1.165, 1.54) is 7.11 Å². The highest BCUT2D eigenvalue weighted by Crippen LogP contribution is 2.34. The normalized spacial score (nSPS) is 10.9. The number of amides is 1. The maximum Gasteiger partial charge on any atom is 0.275 e. The Morgan fingerprint density at radius 1 is 1.19 bits per heavy atom. The molecule has 0 aliphatic carbocycles. The van der Waals surface area contributed by atoms with Crippen LogP contribution in [-0.4, -0.2) is 32.4 Å². The minimum atomic E-state index is -0.370. The predicted octanol–water partition coefficient (Wildman–Crippen LogP) is 4.62. The number of halogens is 2. The highest BCUT2D eigenvalue weighted by atomic mass is 127. The van der Waals surface area contributed by atoms with Crippen molar-refractivity contribution in [3.05, 3.63) is 49.5 Å². The summed E-state index contributed by atoms with van der Waals surface area (Å²) in [4.78, 5) is 12.4. The quantitative estimate of drug-likeness (QED) is 0.312. The summed E-state index contributed by atoms with van der Waals surface area (Å²) in [6, 6.07) is 8.89. The Morgan fingerprint density at radius 3 is 2.52 bits per heavy atom. The van der Waals surface area contributed by atoms with Crippen LogP contribution in [0.15, 0.2) is 39.9 Å². The summed E-state index contributed by atoms with van der Waals surface area (Å²) in [7, 11) is 3.10. The van der Waals surface area contributed by atoms with Crippen molar-refractivity contribution in [3.63, 3.8) is 0 Å². The van der Waals surface area contributed by atoms with Crippen LogP contribution in [0.4, 0.5) is 0 Å². The SMILES string of the molecule is COc1ccc(Br)cc1C(=O)N/N=C\c1cc(I)c(OC(C)C)c(OC)c1. The molecule has 8 heteroatoms. The van der Waals surface area contributed by atoms with Crippen molar-refractivity contribution in [1.29, 1.82) is 0 Å². The van der Waals surface area contributed by atoms with Gasteiger partial charge in [-0.05, 0) is 72.3 Å². The van der Waals surface area contributed by atoms with Crippen LogP contribution in [-0.2, 0) is 0 Å². The summed E-state index contributed by atoms with van der Waals surface area (Å²) in [5.41, 5.74) is 3.67. The Hall–Kier alpha value is -1.81. The van der Waals surface area contributed by atoms with E-state index in [4.69, 9.17) is 14.2 Å². The summed E-state index contributed by atoms with van der Waals surface area (Å²) in [6.07, 6.45) is 1.58. The molecule has 0 aliphatic heterocycles. The minimum absolute atomic E-state index is 0.0337. The lowest BCUT2D eigenvalue weighted by atomic mass is 10.2. The van der Waals surface area contributed by atoms with Gasteiger partial charge in [0.05, 0.1) is 35.7 Å². The highest BCUT2D eigenvalue weighted by molar-refractivity contribution is 14.1. The maximum absolute atomic E-state index is 12.4. The number of benzene rings is 2. The van der Waals surface area contributed by atoms with Crippen LogP contribution in [0.1, 0.15) is 29.8 Å². The molecule has 0 saturated carbocycles. The van der Waals surface area contributed by atoms with E-state index in [1.807, 2.05) is 19.9 Å². The number of carbonyl (C=O) groups excluding carboxylic acids is 1. The van der Waals surface area contributed by atoms with Gasteiger partial charge in [0.15, 0.2) is 11.5 Å². The van der Waals surface area contributed by atoms with Gasteiger partial charge in [-0.1, -0.05) is 15.9 Å². The van der Waals surface area contributed by atoms with Gasteiger partial charge < -0.3 is 14.2 Å². The molecule has 0 radical (unpaired) electrons. The van der Waals surface area contributed by atoms with Gasteiger partial charge in [0.1, 0.15) is 5.75 Å². The Labute approximate surface area is 180 Å². The largest absolute Gasteiger partial charge is 0.496 e. The number of rotatable bonds is 7. The Morgan fingerprint density at radius 2 is 1.89 bits per heavy atom. The van der Waals surface area contributed by atoms with Crippen LogP contribution in [0.5, 0.6) is 17.2 Å². The van der Waals surface area contributed by atoms with E-state index in [9.17, 15) is 4.79 Å². The van der Waals surface area contributed by atoms with Crippen molar-refractivity contribution in [1.82, 2.24) is 5.43 Å². The molecule has 0 atom stereocenters. The lowest BCUT2D eigenvalue weighted by Crippen LogP contribution is -2.18. The Kier molecular flexibility index (Phi) is 7.91. The average molecular weight is 547 g/mol. The molecule has 0 unspecified atom stereocenters. The molecule has 6 nitrogen and oxygen atoms in total. The van der Waals surface area contributed by atoms with Crippen molar-refractivity contribution >= 4 is 50.6 Å². The topological polar surface area (TPSA) is 69.2 Å². The van der Waals surface area contributed by atoms with E-state index < -0.39 is 0 Å². The van der Waals surface area contributed by atoms with E-state index >= 15 is 0 Å². The minimum Gasteiger partial charge on any atom is -0.496 e. The van der Waals surface area contributed by atoms with Crippen LogP contribution < -0.4 is 19.6 Å². The first kappa shape index (κ1) is 21.5. The van der Waals surface area contributed by atoms with Gasteiger partial charge in [-0.25, -0.2) is 5.43 Å². The maximum atomic E-state index is 12.4. The molecule has 27 heavy (non-hydrogen) atoms. The zero-order chi connectivity index (χ0) is 20.0. The van der Waals surface area contributed by atoms with Crippen LogP contribution in [0.2, 0.25) is 0 Å². The zero-order valence-corrected chi connectivity index (χ0v) is 19.1. The molecule has 0 bridgehead atoms. The first-order chi connectivity index (χ1) is 12.8. The molecule has 1 N–H and O–H groups in total. The molecule has 0 heterocycles. The van der Waals surface area contributed by atoms with Gasteiger partial charge in [-0.3, -0.25) is 4.79 Å². The van der Waals surface area contributed by atoms with Crippen molar-refractivity contribution < 1.29 is 19.0 Å². The van der Waals surface area contributed by atoms with Gasteiger partial charge in [-0.15, -0.1) is 0 Å². The molecular formula is C19H20BrIN2O4. The first-order valence-corrected chi connectivity index (χ1v) is 9.94. The third kappa shape index (κ3) is 5.83. The van der Waals surface area contributed by atoms with Gasteiger partial charge in [-0.2, -0.15) is 5.10 Å². The van der Waals surface area contributed by atoms with Crippen molar-refractivity contribution in [3.8, 4) is 17.2 Å². The average Bonchev–Trinajstić information content (AvgIpc) is 2.63. The lowest BCUT2D eigenvalue weighted by Gasteiger charge is -2.15. The van der Waals surface area contributed by atoms with E-state index in [0.29, 0.717) is 22.8 Å². The standard InChI is InChI=1S/C19H20BrIN2O4/c1-11(2)27-18-15(21)7-12(8-17(18)26-4)10-22-23-19(24)14-9-13(20)5-6-16(14)25-3/h5-11H,1-4H3,(H,23,24)/b22-10-. The summed E-state index contributed by atoms with van der Waals surface area (Å²) < 4.78 is 18.1. The van der Waals surface area contributed by atoms with E-state index in [1.54, 1.807) is 37.6 Å². The first-order valence-electron chi connectivity index (χ1n) is 8.06. The van der Waals surface area contributed by atoms with Crippen LogP contribution in [0.25, 0.3) is 0 Å². The number of carbonyl (C=O) groups is 1.